The lowest BCUT2D eigenvalue weighted by molar-refractivity contribution is 0.101. The van der Waals surface area contributed by atoms with Gasteiger partial charge in [-0.15, -0.1) is 0 Å². The molecule has 2 aromatic heterocycles. The van der Waals surface area contributed by atoms with E-state index in [1.165, 1.54) is 37.8 Å². The molecule has 0 radical (unpaired) electrons. The van der Waals surface area contributed by atoms with Crippen LogP contribution in [-0.4, -0.2) is 33.9 Å². The Bertz CT molecular complexity index is 1060. The van der Waals surface area contributed by atoms with Gasteiger partial charge in [0.1, 0.15) is 11.6 Å². The van der Waals surface area contributed by atoms with Crippen LogP contribution in [0.4, 0.5) is 11.5 Å². The molecule has 0 aliphatic heterocycles. The fourth-order valence-corrected chi connectivity index (χ4v) is 2.68. The number of nitrogens with one attached hydrogen (secondary N) is 2. The van der Waals surface area contributed by atoms with Crippen LogP contribution in [0.25, 0.3) is 0 Å². The predicted molar refractivity (Wildman–Crippen MR) is 110 cm³/mol. The molecule has 10 heteroatoms. The lowest BCUT2D eigenvalue weighted by atomic mass is 10.1. The Hall–Kier alpha value is -3.23. The lowest BCUT2D eigenvalue weighted by Crippen LogP contribution is -2.21. The summed E-state index contributed by atoms with van der Waals surface area (Å²) in [4.78, 5) is 37.4. The van der Waals surface area contributed by atoms with Crippen molar-refractivity contribution in [3.8, 4) is 5.75 Å². The van der Waals surface area contributed by atoms with Crippen molar-refractivity contribution in [2.75, 3.05) is 17.7 Å². The van der Waals surface area contributed by atoms with Crippen molar-refractivity contribution < 1.29 is 14.3 Å². The van der Waals surface area contributed by atoms with Gasteiger partial charge in [0.2, 0.25) is 5.82 Å². The summed E-state index contributed by atoms with van der Waals surface area (Å²) >= 11 is 11.9. The summed E-state index contributed by atoms with van der Waals surface area (Å²) in [7, 11) is 1.39. The Balaban J connectivity index is 1.94. The number of anilines is 2. The number of aromatic nitrogens is 3. The van der Waals surface area contributed by atoms with Crippen LogP contribution < -0.4 is 15.4 Å². The first kappa shape index (κ1) is 20.5. The van der Waals surface area contributed by atoms with Crippen molar-refractivity contribution in [1.82, 2.24) is 15.0 Å². The number of nitrogens with zero attached hydrogens (tertiary/aromatic N) is 3. The largest absolute Gasteiger partial charge is 0.494 e. The number of carbonyl (C=O) groups is 2. The second-order valence-corrected chi connectivity index (χ2v) is 6.76. The van der Waals surface area contributed by atoms with Gasteiger partial charge in [-0.3, -0.25) is 9.59 Å². The van der Waals surface area contributed by atoms with Gasteiger partial charge in [0, 0.05) is 29.7 Å². The van der Waals surface area contributed by atoms with E-state index in [0.29, 0.717) is 5.02 Å². The zero-order chi connectivity index (χ0) is 21.0. The molecular formula is C19H15Cl2N5O3. The third kappa shape index (κ3) is 4.98. The number of rotatable bonds is 5. The molecule has 148 valence electrons. The molecular weight excluding hydrogens is 417 g/mol. The highest BCUT2D eigenvalue weighted by Gasteiger charge is 2.21. The zero-order valence-corrected chi connectivity index (χ0v) is 16.9. The molecule has 8 nitrogen and oxygen atoms in total. The maximum atomic E-state index is 12.8. The van der Waals surface area contributed by atoms with Crippen LogP contribution in [0.3, 0.4) is 0 Å². The van der Waals surface area contributed by atoms with Crippen molar-refractivity contribution in [2.24, 2.45) is 0 Å². The third-order valence-electron chi connectivity index (χ3n) is 3.72. The molecule has 0 fully saturated rings. The lowest BCUT2D eigenvalue weighted by Gasteiger charge is -2.15. The molecule has 2 N–H and O–H groups in total. The Morgan fingerprint density at radius 1 is 0.931 bits per heavy atom. The summed E-state index contributed by atoms with van der Waals surface area (Å²) in [6, 6.07) is 6.01. The minimum atomic E-state index is -0.607. The Morgan fingerprint density at radius 2 is 1.66 bits per heavy atom. The average Bonchev–Trinajstić information content (AvgIpc) is 2.71. The fraction of sp³-hybridized carbons (Fsp3) is 0.105. The number of hydrogen-bond acceptors (Lipinski definition) is 6. The number of methoxy groups -OCH3 is 1. The van der Waals surface area contributed by atoms with Gasteiger partial charge in [-0.2, -0.15) is 0 Å². The monoisotopic (exact) mass is 431 g/mol. The molecule has 0 saturated heterocycles. The second kappa shape index (κ2) is 8.85. The van der Waals surface area contributed by atoms with E-state index >= 15 is 0 Å². The summed E-state index contributed by atoms with van der Waals surface area (Å²) in [5, 5.41) is 5.92. The van der Waals surface area contributed by atoms with Gasteiger partial charge in [-0.1, -0.05) is 23.2 Å². The zero-order valence-electron chi connectivity index (χ0n) is 15.4. The van der Waals surface area contributed by atoms with Gasteiger partial charge in [-0.25, -0.2) is 15.0 Å². The van der Waals surface area contributed by atoms with E-state index in [9.17, 15) is 9.59 Å². The van der Waals surface area contributed by atoms with Gasteiger partial charge in [0.15, 0.2) is 0 Å². The normalized spacial score (nSPS) is 10.3. The van der Waals surface area contributed by atoms with Gasteiger partial charge in [0.05, 0.1) is 23.4 Å². The molecule has 0 aliphatic carbocycles. The summed E-state index contributed by atoms with van der Waals surface area (Å²) in [5.41, 5.74) is 1.00. The standard InChI is InChI=1S/C19H15Cl2N5O3/c1-10-7-23-17(24-8-10)19(28)26-16-13(5-12(21)6-14(16)29-2)18(27)25-15-4-3-11(20)9-22-15/h3-9H,1-2H3,(H,26,28)(H,22,25,27). The number of hydrogen-bond donors (Lipinski definition) is 2. The van der Waals surface area contributed by atoms with E-state index in [4.69, 9.17) is 27.9 Å². The first-order valence-electron chi connectivity index (χ1n) is 8.28. The summed E-state index contributed by atoms with van der Waals surface area (Å²) in [6.07, 6.45) is 4.43. The number of carbonyl (C=O) groups excluding carboxylic acids is 2. The van der Waals surface area contributed by atoms with E-state index in [1.807, 2.05) is 0 Å². The topological polar surface area (TPSA) is 106 Å². The number of amides is 2. The maximum Gasteiger partial charge on any atom is 0.293 e. The van der Waals surface area contributed by atoms with E-state index in [1.54, 1.807) is 19.1 Å². The fourth-order valence-electron chi connectivity index (χ4n) is 2.36. The molecule has 3 rings (SSSR count). The Labute approximate surface area is 176 Å². The van der Waals surface area contributed by atoms with Crippen LogP contribution in [0.2, 0.25) is 10.0 Å². The number of halogens is 2. The van der Waals surface area contributed by atoms with Crippen LogP contribution in [0, 0.1) is 6.92 Å². The Kier molecular flexibility index (Phi) is 6.26. The van der Waals surface area contributed by atoms with E-state index in [2.05, 4.69) is 25.6 Å². The van der Waals surface area contributed by atoms with Crippen LogP contribution in [0.15, 0.2) is 42.9 Å². The maximum absolute atomic E-state index is 12.8. The second-order valence-electron chi connectivity index (χ2n) is 5.88. The molecule has 2 heterocycles. The number of pyridine rings is 1. The predicted octanol–water partition coefficient (Wildman–Crippen LogP) is 4.00. The third-order valence-corrected chi connectivity index (χ3v) is 4.16. The first-order chi connectivity index (χ1) is 13.9. The highest BCUT2D eigenvalue weighted by atomic mass is 35.5. The van der Waals surface area contributed by atoms with E-state index in [0.717, 1.165) is 5.56 Å². The van der Waals surface area contributed by atoms with Gasteiger partial charge in [-0.05, 0) is 30.7 Å². The summed E-state index contributed by atoms with van der Waals surface area (Å²) < 4.78 is 5.29. The van der Waals surface area contributed by atoms with Crippen LogP contribution in [-0.2, 0) is 0 Å². The van der Waals surface area contributed by atoms with Gasteiger partial charge in [0.25, 0.3) is 11.8 Å². The summed E-state index contributed by atoms with van der Waals surface area (Å²) in [6.45, 7) is 1.80. The molecule has 0 bridgehead atoms. The van der Waals surface area contributed by atoms with E-state index in [-0.39, 0.29) is 33.7 Å². The van der Waals surface area contributed by atoms with Crippen LogP contribution >= 0.6 is 23.2 Å². The number of ether oxygens (including phenoxy) is 1. The van der Waals surface area contributed by atoms with Gasteiger partial charge < -0.3 is 15.4 Å². The van der Waals surface area contributed by atoms with Crippen molar-refractivity contribution in [3.63, 3.8) is 0 Å². The number of aryl methyl sites for hydroxylation is 1. The quantitative estimate of drug-likeness (QED) is 0.632. The van der Waals surface area contributed by atoms with Crippen molar-refractivity contribution in [1.29, 1.82) is 0 Å². The number of benzene rings is 1. The van der Waals surface area contributed by atoms with Crippen molar-refractivity contribution in [3.05, 3.63) is 69.9 Å². The highest BCUT2D eigenvalue weighted by molar-refractivity contribution is 6.32. The molecule has 1 aromatic carbocycles. The molecule has 3 aromatic rings. The van der Waals surface area contributed by atoms with Crippen LogP contribution in [0.1, 0.15) is 26.5 Å². The van der Waals surface area contributed by atoms with Crippen molar-refractivity contribution >= 4 is 46.5 Å². The Morgan fingerprint density at radius 3 is 2.28 bits per heavy atom. The minimum Gasteiger partial charge on any atom is -0.494 e. The molecule has 0 unspecified atom stereocenters. The van der Waals surface area contributed by atoms with Gasteiger partial charge >= 0.3 is 0 Å². The molecule has 29 heavy (non-hydrogen) atoms. The highest BCUT2D eigenvalue weighted by Crippen LogP contribution is 2.33. The summed E-state index contributed by atoms with van der Waals surface area (Å²) in [5.74, 6) is -0.743. The first-order valence-corrected chi connectivity index (χ1v) is 9.03. The molecule has 0 atom stereocenters. The molecule has 0 spiro atoms. The molecule has 2 amide bonds. The SMILES string of the molecule is COc1cc(Cl)cc(C(=O)Nc2ccc(Cl)cn2)c1NC(=O)c1ncc(C)cn1. The minimum absolute atomic E-state index is 0.0571. The molecule has 0 saturated carbocycles. The van der Waals surface area contributed by atoms with Crippen molar-refractivity contribution in [2.45, 2.75) is 6.92 Å². The van der Waals surface area contributed by atoms with Crippen LogP contribution in [0.5, 0.6) is 5.75 Å². The van der Waals surface area contributed by atoms with E-state index < -0.39 is 11.8 Å². The average molecular weight is 432 g/mol. The molecule has 0 aliphatic rings. The smallest absolute Gasteiger partial charge is 0.293 e.